The molecule has 6 rings (SSSR count). The number of amides is 13. The topological polar surface area (TPSA) is 599 Å². The lowest BCUT2D eigenvalue weighted by molar-refractivity contribution is -0.142. The Bertz CT molecular complexity index is 4260. The highest BCUT2D eigenvalue weighted by Gasteiger charge is 2.39. The minimum absolute atomic E-state index is 0.00192. The summed E-state index contributed by atoms with van der Waals surface area (Å²) >= 11 is 8.15. The van der Waals surface area contributed by atoms with Gasteiger partial charge in [-0.1, -0.05) is 109 Å². The molecule has 634 valence electrons. The SMILES string of the molecule is CC(O)[C@H](NC(=O)[C@H](Cc1ccccc1)NC(=O)[C@@H](NC(=O)[C@H](CCCCN)NC(=O)[C@H](Cc1c[nH]c2ccccc12)NC(=O)[C@H](Cc1ccccc1)NC(=O)[C@H](Cc1ccccc1)NC(=O)[C@H](Cc1c[nH]cn1)NC(=O)[C@H](CCCCN)NC(=O)[C@H](CS)NC(=O)CNC(=O)[C@H](C)N)C(C)O)C(=O)N[C@@H](CO)C(=O)N[C@@H](CS)C(=O)O. The van der Waals surface area contributed by atoms with Crippen LogP contribution in [-0.2, 0) is 99.2 Å². The molecule has 2 unspecified atom stereocenters. The summed E-state index contributed by atoms with van der Waals surface area (Å²) in [6.07, 6.45) is 0.805. The Morgan fingerprint density at radius 3 is 1.20 bits per heavy atom. The van der Waals surface area contributed by atoms with Crippen LogP contribution in [0.2, 0.25) is 0 Å². The number of hydrogen-bond acceptors (Lipinski definition) is 23. The van der Waals surface area contributed by atoms with Gasteiger partial charge in [-0.2, -0.15) is 25.3 Å². The van der Waals surface area contributed by atoms with E-state index >= 15 is 19.2 Å². The van der Waals surface area contributed by atoms with E-state index in [1.807, 2.05) is 0 Å². The van der Waals surface area contributed by atoms with Crippen LogP contribution < -0.4 is 86.3 Å². The first-order valence-electron chi connectivity index (χ1n) is 38.1. The molecule has 0 saturated heterocycles. The van der Waals surface area contributed by atoms with Crippen LogP contribution in [0.3, 0.4) is 0 Å². The van der Waals surface area contributed by atoms with E-state index in [1.54, 1.807) is 121 Å². The quantitative estimate of drug-likeness (QED) is 0.0127. The number of H-pyrrole nitrogens is 2. The summed E-state index contributed by atoms with van der Waals surface area (Å²) in [5.41, 5.74) is 20.3. The van der Waals surface area contributed by atoms with E-state index in [0.717, 1.165) is 13.8 Å². The number of rotatable bonds is 50. The maximum atomic E-state index is 15.5. The van der Waals surface area contributed by atoms with Gasteiger partial charge < -0.3 is 117 Å². The monoisotopic (exact) mass is 1660 g/mol. The molecule has 0 radical (unpaired) electrons. The van der Waals surface area contributed by atoms with E-state index in [9.17, 15) is 68.4 Å². The van der Waals surface area contributed by atoms with Gasteiger partial charge in [-0.15, -0.1) is 0 Å². The Hall–Kier alpha value is -11.3. The van der Waals surface area contributed by atoms with Crippen LogP contribution in [0.5, 0.6) is 0 Å². The summed E-state index contributed by atoms with van der Waals surface area (Å²) in [5.74, 6) is -14.5. The Morgan fingerprint density at radius 2 is 0.786 bits per heavy atom. The van der Waals surface area contributed by atoms with Crippen LogP contribution in [0.4, 0.5) is 0 Å². The Balaban J connectivity index is 1.30. The number of carbonyl (C=O) groups excluding carboxylic acids is 13. The van der Waals surface area contributed by atoms with Crippen LogP contribution in [0.15, 0.2) is 134 Å². The molecule has 0 bridgehead atoms. The number of para-hydroxylation sites is 1. The molecule has 2 aromatic heterocycles. The Morgan fingerprint density at radius 1 is 0.419 bits per heavy atom. The van der Waals surface area contributed by atoms with Gasteiger partial charge in [0.25, 0.3) is 0 Å². The van der Waals surface area contributed by atoms with Crippen molar-refractivity contribution in [2.45, 2.75) is 182 Å². The van der Waals surface area contributed by atoms with Gasteiger partial charge >= 0.3 is 5.97 Å². The van der Waals surface area contributed by atoms with Crippen LogP contribution in [0.1, 0.15) is 87.2 Å². The number of aromatic nitrogens is 3. The fourth-order valence-electron chi connectivity index (χ4n) is 12.1. The first-order valence-corrected chi connectivity index (χ1v) is 39.4. The van der Waals surface area contributed by atoms with Crippen LogP contribution in [-0.4, -0.2) is 247 Å². The Labute approximate surface area is 686 Å². The van der Waals surface area contributed by atoms with Crippen molar-refractivity contribution in [1.82, 2.24) is 84.1 Å². The smallest absolute Gasteiger partial charge is 0.327 e. The second-order valence-electron chi connectivity index (χ2n) is 28.0. The summed E-state index contributed by atoms with van der Waals surface area (Å²) in [6, 6.07) is 12.1. The van der Waals surface area contributed by atoms with Crippen molar-refractivity contribution in [1.29, 1.82) is 0 Å². The number of imidazole rings is 1. The van der Waals surface area contributed by atoms with E-state index in [2.05, 4.69) is 109 Å². The normalized spacial score (nSPS) is 15.0. The first kappa shape index (κ1) is 94.5. The van der Waals surface area contributed by atoms with Gasteiger partial charge in [0.2, 0.25) is 76.8 Å². The Kier molecular flexibility index (Phi) is 39.5. The molecule has 0 spiro atoms. The average molecular weight is 1660 g/mol. The highest BCUT2D eigenvalue weighted by atomic mass is 32.1. The third kappa shape index (κ3) is 31.0. The van der Waals surface area contributed by atoms with Crippen LogP contribution in [0, 0.1) is 0 Å². The van der Waals surface area contributed by atoms with E-state index in [-0.39, 0.29) is 81.7 Å². The molecule has 6 aromatic rings. The van der Waals surface area contributed by atoms with Crippen molar-refractivity contribution < 1.29 is 87.5 Å². The van der Waals surface area contributed by atoms with Gasteiger partial charge in [0, 0.05) is 66.9 Å². The number of aromatic amines is 2. The van der Waals surface area contributed by atoms with E-state index in [1.165, 1.54) is 19.4 Å². The molecule has 0 aliphatic heterocycles. The number of aliphatic hydroxyl groups excluding tert-OH is 3. The number of carbonyl (C=O) groups is 14. The molecule has 117 heavy (non-hydrogen) atoms. The maximum absolute atomic E-state index is 15.5. The van der Waals surface area contributed by atoms with Crippen molar-refractivity contribution in [3.8, 4) is 0 Å². The second kappa shape index (κ2) is 48.9. The van der Waals surface area contributed by atoms with Gasteiger partial charge in [-0.3, -0.25) is 62.3 Å². The highest BCUT2D eigenvalue weighted by Crippen LogP contribution is 2.21. The van der Waals surface area contributed by atoms with Crippen molar-refractivity contribution in [3.63, 3.8) is 0 Å². The van der Waals surface area contributed by atoms with Crippen molar-refractivity contribution in [2.24, 2.45) is 17.2 Å². The van der Waals surface area contributed by atoms with Crippen LogP contribution in [0.25, 0.3) is 10.9 Å². The van der Waals surface area contributed by atoms with Crippen molar-refractivity contribution >= 4 is 119 Å². The highest BCUT2D eigenvalue weighted by molar-refractivity contribution is 7.80. The number of aliphatic hydroxyl groups is 3. The van der Waals surface area contributed by atoms with E-state index in [0.29, 0.717) is 52.4 Å². The third-order valence-corrected chi connectivity index (χ3v) is 19.4. The second-order valence-corrected chi connectivity index (χ2v) is 28.7. The number of hydrogen-bond donors (Lipinski definition) is 24. The number of aliphatic carboxylic acids is 1. The maximum Gasteiger partial charge on any atom is 0.327 e. The van der Waals surface area contributed by atoms with Gasteiger partial charge in [0.1, 0.15) is 72.5 Å². The molecule has 2 heterocycles. The van der Waals surface area contributed by atoms with Gasteiger partial charge in [-0.05, 0) is 101 Å². The molecule has 15 atom stereocenters. The van der Waals surface area contributed by atoms with E-state index < -0.39 is 187 Å². The number of thiol groups is 2. The van der Waals surface area contributed by atoms with Crippen molar-refractivity contribution in [3.05, 3.63) is 162 Å². The summed E-state index contributed by atoms with van der Waals surface area (Å²) in [4.78, 5) is 207. The molecule has 37 nitrogen and oxygen atoms in total. The molecular weight excluding hydrogens is 1560 g/mol. The predicted octanol–water partition coefficient (Wildman–Crippen LogP) is -4.36. The largest absolute Gasteiger partial charge is 0.480 e. The number of carboxylic acid groups (broad SMARTS) is 1. The summed E-state index contributed by atoms with van der Waals surface area (Å²) in [6.45, 7) is 2.46. The zero-order chi connectivity index (χ0) is 85.7. The van der Waals surface area contributed by atoms with E-state index in [4.69, 9.17) is 17.2 Å². The molecule has 25 N–H and O–H groups in total. The average Bonchev–Trinajstić information content (AvgIpc) is 1.21. The number of unbranched alkanes of at least 4 members (excludes halogenated alkanes) is 2. The predicted molar refractivity (Wildman–Crippen MR) is 436 cm³/mol. The zero-order valence-corrected chi connectivity index (χ0v) is 66.7. The minimum Gasteiger partial charge on any atom is -0.480 e. The van der Waals surface area contributed by atoms with Gasteiger partial charge in [-0.25, -0.2) is 9.78 Å². The third-order valence-electron chi connectivity index (χ3n) is 18.6. The zero-order valence-electron chi connectivity index (χ0n) is 65.0. The summed E-state index contributed by atoms with van der Waals surface area (Å²) in [7, 11) is 0. The fraction of sp³-hybridized carbons (Fsp3) is 0.449. The van der Waals surface area contributed by atoms with Gasteiger partial charge in [0.15, 0.2) is 0 Å². The molecule has 0 aliphatic rings. The molecular formula is C78H107N19O18S2. The number of nitrogens with one attached hydrogen (secondary N) is 15. The molecule has 39 heteroatoms. The molecule has 13 amide bonds. The summed E-state index contributed by atoms with van der Waals surface area (Å²) < 4.78 is 0. The summed E-state index contributed by atoms with van der Waals surface area (Å²) in [5, 5.41) is 75.2. The molecule has 0 fully saturated rings. The standard InChI is InChI=1S/C78H107N19O18S2/c1-43(81)66(102)84-38-63(101)86-61(40-116)75(111)88-53(27-15-17-29-79)67(103)92-59(35-50-37-82-42-85-50)72(108)90-55(31-46-19-7-4-8-20-46)69(105)89-56(32-47-21-9-5-10-22-47)70(106)91-58(34-49-36-83-52-26-14-13-25-51(49)52)71(107)87-54(28-16-18-30-80)68(104)96-64(44(2)99)76(112)93-57(33-48-23-11-6-12-24-48)73(109)97-65(45(3)100)77(113)94-60(39-98)74(110)95-62(41-117)78(114)115/h4-14,19-26,36-37,42-45,53-62,64-65,83,98-100,116-117H,15-18,27-35,38-41,79-81H2,1-3H3,(H,82,85)(H,84,102)(H,86,101)(H,87,107)(H,88,111)(H,89,105)(H,90,108)(H,91,106)(H,92,103)(H,93,112)(H,94,113)(H,95,110)(H,96,104)(H,97,109)(H,114,115)/t43-,44?,45?,53-,54-,55-,56-,57-,58-,59-,60-,61-,62-,64-,65-/m0/s1. The number of nitrogens with two attached hydrogens (primary N) is 3. The van der Waals surface area contributed by atoms with Crippen LogP contribution >= 0.6 is 25.3 Å². The fourth-order valence-corrected chi connectivity index (χ4v) is 12.7. The number of benzene rings is 4. The minimum atomic E-state index is -1.90. The van der Waals surface area contributed by atoms with Crippen molar-refractivity contribution in [2.75, 3.05) is 37.7 Å². The van der Waals surface area contributed by atoms with Gasteiger partial charge in [0.05, 0.1) is 43.4 Å². The molecule has 0 aliphatic carbocycles. The lowest BCUT2D eigenvalue weighted by atomic mass is 10.00. The lowest BCUT2D eigenvalue weighted by Crippen LogP contribution is -2.63. The first-order chi connectivity index (χ1) is 56.0. The number of nitrogens with zero attached hydrogens (tertiary/aromatic N) is 1. The number of carboxylic acids is 1. The molecule has 4 aromatic carbocycles. The molecule has 0 saturated carbocycles. The number of fused-ring (bicyclic) bond motifs is 1. The lowest BCUT2D eigenvalue weighted by Gasteiger charge is -2.29.